The predicted molar refractivity (Wildman–Crippen MR) is 124 cm³/mol. The number of aromatic nitrogens is 2. The molecule has 0 radical (unpaired) electrons. The third kappa shape index (κ3) is 4.32. The summed E-state index contributed by atoms with van der Waals surface area (Å²) in [5, 5.41) is 3.40. The number of carbonyl (C=O) groups excluding carboxylic acids is 1. The van der Waals surface area contributed by atoms with Gasteiger partial charge in [-0.2, -0.15) is 0 Å². The standard InChI is InChI=1S/C22H25N5O.2ClH/c28-22(26-12-9-19(15-26)25-13-10-23-11-14-25)17-5-7-18(8-6-17)27-16-24-20-3-1-2-4-21(20)27;;/h1-8,16,19,23H,9-15H2;2*1H. The van der Waals surface area contributed by atoms with Gasteiger partial charge < -0.3 is 10.2 Å². The van der Waals surface area contributed by atoms with E-state index < -0.39 is 0 Å². The molecule has 0 aliphatic carbocycles. The molecule has 0 bridgehead atoms. The first-order valence-electron chi connectivity index (χ1n) is 10.1. The Hall–Kier alpha value is -2.12. The number of amides is 1. The highest BCUT2D eigenvalue weighted by Gasteiger charge is 2.31. The van der Waals surface area contributed by atoms with Gasteiger partial charge >= 0.3 is 0 Å². The minimum atomic E-state index is 0. The molecule has 1 N–H and O–H groups in total. The molecule has 1 atom stereocenters. The van der Waals surface area contributed by atoms with E-state index in [4.69, 9.17) is 0 Å². The lowest BCUT2D eigenvalue weighted by molar-refractivity contribution is 0.0773. The van der Waals surface area contributed by atoms with Crippen LogP contribution in [0, 0.1) is 0 Å². The molecule has 1 aromatic heterocycles. The van der Waals surface area contributed by atoms with Crippen molar-refractivity contribution in [1.82, 2.24) is 24.7 Å². The van der Waals surface area contributed by atoms with Crippen molar-refractivity contribution in [3.63, 3.8) is 0 Å². The van der Waals surface area contributed by atoms with Gasteiger partial charge in [0.25, 0.3) is 5.91 Å². The highest BCUT2D eigenvalue weighted by molar-refractivity contribution is 5.94. The van der Waals surface area contributed by atoms with Crippen LogP contribution in [0.2, 0.25) is 0 Å². The Morgan fingerprint density at radius 2 is 1.70 bits per heavy atom. The van der Waals surface area contributed by atoms with Crippen LogP contribution < -0.4 is 5.32 Å². The average molecular weight is 448 g/mol. The molecule has 2 saturated heterocycles. The van der Waals surface area contributed by atoms with Crippen LogP contribution in [-0.4, -0.2) is 70.6 Å². The van der Waals surface area contributed by atoms with Gasteiger partial charge in [-0.3, -0.25) is 14.3 Å². The van der Waals surface area contributed by atoms with E-state index in [1.165, 1.54) is 0 Å². The maximum Gasteiger partial charge on any atom is 0.253 e. The van der Waals surface area contributed by atoms with Gasteiger partial charge in [0.2, 0.25) is 0 Å². The first-order chi connectivity index (χ1) is 13.8. The van der Waals surface area contributed by atoms with Crippen LogP contribution in [0.15, 0.2) is 54.9 Å². The fraction of sp³-hybridized carbons (Fsp3) is 0.364. The van der Waals surface area contributed by atoms with Crippen molar-refractivity contribution in [3.8, 4) is 5.69 Å². The molecule has 3 aromatic rings. The molecule has 0 spiro atoms. The Morgan fingerprint density at radius 1 is 0.967 bits per heavy atom. The van der Waals surface area contributed by atoms with E-state index in [9.17, 15) is 4.79 Å². The van der Waals surface area contributed by atoms with Gasteiger partial charge in [-0.1, -0.05) is 12.1 Å². The number of carbonyl (C=O) groups is 1. The molecule has 5 rings (SSSR count). The van der Waals surface area contributed by atoms with E-state index in [0.717, 1.165) is 68.0 Å². The van der Waals surface area contributed by atoms with Crippen LogP contribution in [0.4, 0.5) is 0 Å². The molecule has 0 saturated carbocycles. The lowest BCUT2D eigenvalue weighted by atomic mass is 10.1. The minimum absolute atomic E-state index is 0. The summed E-state index contributed by atoms with van der Waals surface area (Å²) < 4.78 is 2.06. The second kappa shape index (κ2) is 9.79. The third-order valence-electron chi connectivity index (χ3n) is 5.96. The lowest BCUT2D eigenvalue weighted by Gasteiger charge is -2.32. The monoisotopic (exact) mass is 447 g/mol. The third-order valence-corrected chi connectivity index (χ3v) is 5.96. The van der Waals surface area contributed by atoms with Gasteiger partial charge in [0, 0.05) is 56.6 Å². The van der Waals surface area contributed by atoms with Crippen molar-refractivity contribution in [2.24, 2.45) is 0 Å². The Kier molecular flexibility index (Phi) is 7.36. The van der Waals surface area contributed by atoms with Crippen molar-refractivity contribution in [3.05, 3.63) is 60.4 Å². The molecule has 8 heteroatoms. The van der Waals surface area contributed by atoms with E-state index in [0.29, 0.717) is 6.04 Å². The van der Waals surface area contributed by atoms with Crippen molar-refractivity contribution < 1.29 is 4.79 Å². The number of halogens is 2. The number of hydrogen-bond acceptors (Lipinski definition) is 4. The van der Waals surface area contributed by atoms with Crippen LogP contribution in [0.1, 0.15) is 16.8 Å². The second-order valence-electron chi connectivity index (χ2n) is 7.63. The van der Waals surface area contributed by atoms with Crippen molar-refractivity contribution >= 4 is 41.8 Å². The summed E-state index contributed by atoms with van der Waals surface area (Å²) in [4.78, 5) is 21.9. The summed E-state index contributed by atoms with van der Waals surface area (Å²) in [6.07, 6.45) is 2.91. The molecule has 2 aliphatic heterocycles. The number of fused-ring (bicyclic) bond motifs is 1. The van der Waals surface area contributed by atoms with E-state index >= 15 is 0 Å². The summed E-state index contributed by atoms with van der Waals surface area (Å²) >= 11 is 0. The summed E-state index contributed by atoms with van der Waals surface area (Å²) in [6.45, 7) is 5.96. The number of nitrogens with zero attached hydrogens (tertiary/aromatic N) is 4. The van der Waals surface area contributed by atoms with E-state index in [2.05, 4.69) is 25.8 Å². The van der Waals surface area contributed by atoms with Crippen molar-refractivity contribution in [1.29, 1.82) is 0 Å². The molecule has 30 heavy (non-hydrogen) atoms. The predicted octanol–water partition coefficient (Wildman–Crippen LogP) is 2.99. The zero-order chi connectivity index (χ0) is 18.9. The number of piperazine rings is 1. The van der Waals surface area contributed by atoms with Crippen molar-refractivity contribution in [2.45, 2.75) is 12.5 Å². The Morgan fingerprint density at radius 3 is 2.47 bits per heavy atom. The number of hydrogen-bond donors (Lipinski definition) is 1. The first kappa shape index (κ1) is 22.6. The molecular formula is C22H27Cl2N5O. The van der Waals surface area contributed by atoms with Gasteiger partial charge in [-0.15, -0.1) is 24.8 Å². The zero-order valence-electron chi connectivity index (χ0n) is 16.7. The lowest BCUT2D eigenvalue weighted by Crippen LogP contribution is -2.49. The van der Waals surface area contributed by atoms with E-state index in [1.54, 1.807) is 0 Å². The quantitative estimate of drug-likeness (QED) is 0.670. The van der Waals surface area contributed by atoms with Crippen LogP contribution in [-0.2, 0) is 0 Å². The molecule has 1 amide bonds. The summed E-state index contributed by atoms with van der Waals surface area (Å²) in [5.74, 6) is 0.139. The van der Waals surface area contributed by atoms with Crippen LogP contribution in [0.3, 0.4) is 0 Å². The maximum absolute atomic E-state index is 13.0. The molecule has 1 unspecified atom stereocenters. The molecule has 6 nitrogen and oxygen atoms in total. The number of benzene rings is 2. The SMILES string of the molecule is Cl.Cl.O=C(c1ccc(-n2cnc3ccccc32)cc1)N1CCC(N2CCNCC2)C1. The zero-order valence-corrected chi connectivity index (χ0v) is 18.4. The molecule has 2 aliphatic rings. The number of rotatable bonds is 3. The highest BCUT2D eigenvalue weighted by Crippen LogP contribution is 2.21. The van der Waals surface area contributed by atoms with Crippen molar-refractivity contribution in [2.75, 3.05) is 39.3 Å². The Labute approximate surface area is 189 Å². The first-order valence-corrected chi connectivity index (χ1v) is 10.1. The fourth-order valence-corrected chi connectivity index (χ4v) is 4.38. The molecule has 2 fully saturated rings. The summed E-state index contributed by atoms with van der Waals surface area (Å²) in [6, 6.07) is 16.5. The van der Waals surface area contributed by atoms with Gasteiger partial charge in [0.15, 0.2) is 0 Å². The smallest absolute Gasteiger partial charge is 0.253 e. The highest BCUT2D eigenvalue weighted by atomic mass is 35.5. The molecule has 160 valence electrons. The maximum atomic E-state index is 13.0. The molecule has 3 heterocycles. The van der Waals surface area contributed by atoms with E-state index in [1.807, 2.05) is 53.7 Å². The van der Waals surface area contributed by atoms with Gasteiger partial charge in [-0.25, -0.2) is 4.98 Å². The summed E-state index contributed by atoms with van der Waals surface area (Å²) in [5.41, 5.74) is 3.82. The number of para-hydroxylation sites is 2. The van der Waals surface area contributed by atoms with E-state index in [-0.39, 0.29) is 30.7 Å². The van der Waals surface area contributed by atoms with Gasteiger partial charge in [0.1, 0.15) is 6.33 Å². The normalized spacial score (nSPS) is 19.3. The summed E-state index contributed by atoms with van der Waals surface area (Å²) in [7, 11) is 0. The van der Waals surface area contributed by atoms with Gasteiger partial charge in [0.05, 0.1) is 11.0 Å². The minimum Gasteiger partial charge on any atom is -0.337 e. The molecule has 2 aromatic carbocycles. The van der Waals surface area contributed by atoms with Crippen LogP contribution in [0.25, 0.3) is 16.7 Å². The number of nitrogens with one attached hydrogen (secondary N) is 1. The van der Waals surface area contributed by atoms with Crippen LogP contribution in [0.5, 0.6) is 0 Å². The fourth-order valence-electron chi connectivity index (χ4n) is 4.38. The Bertz CT molecular complexity index is 985. The van der Waals surface area contributed by atoms with Gasteiger partial charge in [-0.05, 0) is 42.8 Å². The Balaban J connectivity index is 0.00000128. The number of imidazole rings is 1. The average Bonchev–Trinajstić information content (AvgIpc) is 3.42. The molecular weight excluding hydrogens is 421 g/mol. The largest absolute Gasteiger partial charge is 0.337 e. The second-order valence-corrected chi connectivity index (χ2v) is 7.63. The topological polar surface area (TPSA) is 53.4 Å². The number of likely N-dealkylation sites (tertiary alicyclic amines) is 1. The van der Waals surface area contributed by atoms with Crippen LogP contribution >= 0.6 is 24.8 Å².